The first-order valence-corrected chi connectivity index (χ1v) is 7.04. The zero-order valence-electron chi connectivity index (χ0n) is 10.3. The van der Waals surface area contributed by atoms with E-state index in [9.17, 15) is 0 Å². The van der Waals surface area contributed by atoms with Crippen molar-refractivity contribution in [3.63, 3.8) is 0 Å². The minimum absolute atomic E-state index is 0.597. The summed E-state index contributed by atoms with van der Waals surface area (Å²) in [7, 11) is 0. The van der Waals surface area contributed by atoms with E-state index < -0.39 is 0 Å². The molecule has 0 amide bonds. The summed E-state index contributed by atoms with van der Waals surface area (Å²) in [4.78, 5) is 0. The van der Waals surface area contributed by atoms with Crippen molar-refractivity contribution in [1.29, 1.82) is 0 Å². The number of benzene rings is 1. The Hall–Kier alpha value is -1.36. The third-order valence-corrected chi connectivity index (χ3v) is 2.94. The molecule has 2 rings (SSSR count). The highest BCUT2D eigenvalue weighted by molar-refractivity contribution is 9.09. The fraction of sp³-hybridized carbons (Fsp3) is 0.385. The molecule has 5 heteroatoms. The summed E-state index contributed by atoms with van der Waals surface area (Å²) in [6.07, 6.45) is 2.86. The Bertz CT molecular complexity index is 481. The molecule has 0 spiro atoms. The van der Waals surface area contributed by atoms with Crippen LogP contribution >= 0.6 is 15.9 Å². The van der Waals surface area contributed by atoms with Crippen LogP contribution in [-0.2, 0) is 13.0 Å². The lowest BCUT2D eigenvalue weighted by Gasteiger charge is -2.05. The molecule has 0 aliphatic rings. The Kier molecular flexibility index (Phi) is 4.75. The standard InChI is InChI=1S/C13H16BrN3O/c1-11-2-4-13(5-3-11)18-9-8-17-10-12(6-7-14)15-16-17/h2-5,10H,6-9H2,1H3. The quantitative estimate of drug-likeness (QED) is 0.770. The number of rotatable bonds is 6. The lowest BCUT2D eigenvalue weighted by Crippen LogP contribution is -2.08. The van der Waals surface area contributed by atoms with Crippen molar-refractivity contribution in [1.82, 2.24) is 15.0 Å². The van der Waals surface area contributed by atoms with Crippen LogP contribution in [0, 0.1) is 6.92 Å². The first kappa shape index (κ1) is 13.1. The normalized spacial score (nSPS) is 10.6. The van der Waals surface area contributed by atoms with Gasteiger partial charge in [0.25, 0.3) is 0 Å². The summed E-state index contributed by atoms with van der Waals surface area (Å²) in [5.41, 5.74) is 2.24. The molecule has 1 aromatic carbocycles. The second kappa shape index (κ2) is 6.54. The maximum absolute atomic E-state index is 5.64. The Morgan fingerprint density at radius 2 is 2.06 bits per heavy atom. The molecular weight excluding hydrogens is 294 g/mol. The Morgan fingerprint density at radius 3 is 2.78 bits per heavy atom. The van der Waals surface area contributed by atoms with Gasteiger partial charge in [0.2, 0.25) is 0 Å². The first-order valence-electron chi connectivity index (χ1n) is 5.92. The molecular formula is C13H16BrN3O. The average Bonchev–Trinajstić information content (AvgIpc) is 2.80. The zero-order valence-corrected chi connectivity index (χ0v) is 11.9. The predicted octanol–water partition coefficient (Wildman–Crippen LogP) is 2.60. The molecule has 0 saturated heterocycles. The summed E-state index contributed by atoms with van der Waals surface area (Å²) in [6, 6.07) is 8.04. The molecule has 0 unspecified atom stereocenters. The van der Waals surface area contributed by atoms with Crippen molar-refractivity contribution >= 4 is 15.9 Å². The van der Waals surface area contributed by atoms with Gasteiger partial charge >= 0.3 is 0 Å². The van der Waals surface area contributed by atoms with Gasteiger partial charge in [0.15, 0.2) is 0 Å². The molecule has 2 aromatic rings. The molecule has 0 radical (unpaired) electrons. The van der Waals surface area contributed by atoms with Gasteiger partial charge < -0.3 is 4.74 Å². The molecule has 0 aliphatic heterocycles. The molecule has 0 bridgehead atoms. The van der Waals surface area contributed by atoms with Crippen LogP contribution in [0.4, 0.5) is 0 Å². The van der Waals surface area contributed by atoms with Gasteiger partial charge in [0.1, 0.15) is 12.4 Å². The third-order valence-electron chi connectivity index (χ3n) is 2.55. The Morgan fingerprint density at radius 1 is 1.28 bits per heavy atom. The average molecular weight is 310 g/mol. The smallest absolute Gasteiger partial charge is 0.119 e. The highest BCUT2D eigenvalue weighted by Gasteiger charge is 2.00. The summed E-state index contributed by atoms with van der Waals surface area (Å²) in [6.45, 7) is 3.37. The van der Waals surface area contributed by atoms with Gasteiger partial charge in [-0.1, -0.05) is 38.8 Å². The van der Waals surface area contributed by atoms with Gasteiger partial charge in [0.05, 0.1) is 12.2 Å². The van der Waals surface area contributed by atoms with Crippen LogP contribution in [0.2, 0.25) is 0 Å². The summed E-state index contributed by atoms with van der Waals surface area (Å²) < 4.78 is 7.45. The molecule has 1 aromatic heterocycles. The number of alkyl halides is 1. The van der Waals surface area contributed by atoms with Crippen molar-refractivity contribution in [2.45, 2.75) is 19.9 Å². The van der Waals surface area contributed by atoms with Crippen molar-refractivity contribution in [3.05, 3.63) is 41.7 Å². The van der Waals surface area contributed by atoms with Crippen molar-refractivity contribution < 1.29 is 4.74 Å². The SMILES string of the molecule is Cc1ccc(OCCn2cc(CCBr)nn2)cc1. The van der Waals surface area contributed by atoms with Crippen molar-refractivity contribution in [2.24, 2.45) is 0 Å². The maximum Gasteiger partial charge on any atom is 0.119 e. The zero-order chi connectivity index (χ0) is 12.8. The van der Waals surface area contributed by atoms with Crippen LogP contribution in [0.25, 0.3) is 0 Å². The highest BCUT2D eigenvalue weighted by Crippen LogP contribution is 2.11. The van der Waals surface area contributed by atoms with E-state index in [1.807, 2.05) is 35.1 Å². The minimum atomic E-state index is 0.597. The highest BCUT2D eigenvalue weighted by atomic mass is 79.9. The Labute approximate surface area is 115 Å². The van der Waals surface area contributed by atoms with E-state index in [1.165, 1.54) is 5.56 Å². The molecule has 1 heterocycles. The second-order valence-corrected chi connectivity index (χ2v) is 4.87. The van der Waals surface area contributed by atoms with E-state index in [0.717, 1.165) is 23.2 Å². The number of hydrogen-bond acceptors (Lipinski definition) is 3. The van der Waals surface area contributed by atoms with Crippen LogP contribution in [0.15, 0.2) is 30.5 Å². The minimum Gasteiger partial charge on any atom is -0.492 e. The monoisotopic (exact) mass is 309 g/mol. The fourth-order valence-corrected chi connectivity index (χ4v) is 1.96. The summed E-state index contributed by atoms with van der Waals surface area (Å²) >= 11 is 3.38. The molecule has 0 atom stereocenters. The van der Waals surface area contributed by atoms with Gasteiger partial charge in [0, 0.05) is 17.9 Å². The number of nitrogens with zero attached hydrogens (tertiary/aromatic N) is 3. The van der Waals surface area contributed by atoms with Crippen LogP contribution in [-0.4, -0.2) is 26.9 Å². The van der Waals surface area contributed by atoms with Crippen LogP contribution in [0.1, 0.15) is 11.3 Å². The summed E-state index contributed by atoms with van der Waals surface area (Å²) in [5.74, 6) is 0.890. The molecule has 0 fully saturated rings. The number of ether oxygens (including phenoxy) is 1. The van der Waals surface area contributed by atoms with Gasteiger partial charge in [-0.2, -0.15) is 0 Å². The maximum atomic E-state index is 5.64. The lowest BCUT2D eigenvalue weighted by atomic mass is 10.2. The lowest BCUT2D eigenvalue weighted by molar-refractivity contribution is 0.289. The Balaban J connectivity index is 1.79. The predicted molar refractivity (Wildman–Crippen MR) is 74.2 cm³/mol. The second-order valence-electron chi connectivity index (χ2n) is 4.07. The summed E-state index contributed by atoms with van der Waals surface area (Å²) in [5, 5.41) is 9.02. The fourth-order valence-electron chi connectivity index (χ4n) is 1.55. The molecule has 0 saturated carbocycles. The topological polar surface area (TPSA) is 39.9 Å². The number of halogens is 1. The number of hydrogen-bond donors (Lipinski definition) is 0. The van der Waals surface area contributed by atoms with Gasteiger partial charge in [-0.15, -0.1) is 5.10 Å². The van der Waals surface area contributed by atoms with E-state index in [2.05, 4.69) is 33.2 Å². The van der Waals surface area contributed by atoms with Crippen LogP contribution < -0.4 is 4.74 Å². The van der Waals surface area contributed by atoms with Crippen LogP contribution in [0.3, 0.4) is 0 Å². The molecule has 18 heavy (non-hydrogen) atoms. The molecule has 0 N–H and O–H groups in total. The van der Waals surface area contributed by atoms with E-state index in [0.29, 0.717) is 13.2 Å². The van der Waals surface area contributed by atoms with E-state index >= 15 is 0 Å². The largest absolute Gasteiger partial charge is 0.492 e. The van der Waals surface area contributed by atoms with Crippen molar-refractivity contribution in [3.8, 4) is 5.75 Å². The van der Waals surface area contributed by atoms with Crippen LogP contribution in [0.5, 0.6) is 5.75 Å². The van der Waals surface area contributed by atoms with Gasteiger partial charge in [-0.25, -0.2) is 4.68 Å². The number of aromatic nitrogens is 3. The third kappa shape index (κ3) is 3.84. The van der Waals surface area contributed by atoms with Gasteiger partial charge in [-0.05, 0) is 19.1 Å². The molecule has 96 valence electrons. The van der Waals surface area contributed by atoms with E-state index in [-0.39, 0.29) is 0 Å². The first-order chi connectivity index (χ1) is 8.78. The molecule has 0 aliphatic carbocycles. The van der Waals surface area contributed by atoms with Gasteiger partial charge in [-0.3, -0.25) is 0 Å². The van der Waals surface area contributed by atoms with Crippen molar-refractivity contribution in [2.75, 3.05) is 11.9 Å². The number of aryl methyl sites for hydroxylation is 2. The van der Waals surface area contributed by atoms with E-state index in [4.69, 9.17) is 4.74 Å². The molecule has 4 nitrogen and oxygen atoms in total. The van der Waals surface area contributed by atoms with E-state index in [1.54, 1.807) is 0 Å².